The fraction of sp³-hybridized carbons (Fsp3) is 0.568. The van der Waals surface area contributed by atoms with Gasteiger partial charge < -0.3 is 29.0 Å². The molecule has 4 unspecified atom stereocenters. The van der Waals surface area contributed by atoms with E-state index in [4.69, 9.17) is 23.7 Å². The number of hydrogen-bond acceptors (Lipinski definition) is 11. The van der Waals surface area contributed by atoms with Gasteiger partial charge in [0.1, 0.15) is 18.6 Å². The van der Waals surface area contributed by atoms with Crippen LogP contribution in [0.5, 0.6) is 11.5 Å². The molecule has 1 N–H and O–H groups in total. The minimum Gasteiger partial charge on any atom is -0.493 e. The van der Waals surface area contributed by atoms with Gasteiger partial charge in [-0.1, -0.05) is 96.0 Å². The van der Waals surface area contributed by atoms with Crippen LogP contribution in [0.3, 0.4) is 0 Å². The average molecular weight is 683 g/mol. The van der Waals surface area contributed by atoms with Crippen LogP contribution in [0.25, 0.3) is 0 Å². The van der Waals surface area contributed by atoms with Gasteiger partial charge in [-0.15, -0.1) is 0 Å². The van der Waals surface area contributed by atoms with Gasteiger partial charge >= 0.3 is 23.9 Å². The van der Waals surface area contributed by atoms with Crippen molar-refractivity contribution in [2.45, 2.75) is 110 Å². The monoisotopic (exact) mass is 682 g/mol. The summed E-state index contributed by atoms with van der Waals surface area (Å²) in [6, 6.07) is 9.09. The Hall–Kier alpha value is -4.48. The molecule has 12 heteroatoms. The molecule has 1 aliphatic heterocycles. The summed E-state index contributed by atoms with van der Waals surface area (Å²) >= 11 is 0. The van der Waals surface area contributed by atoms with Gasteiger partial charge in [0.05, 0.1) is 13.0 Å². The van der Waals surface area contributed by atoms with Crippen molar-refractivity contribution in [2.75, 3.05) is 13.7 Å². The molecule has 49 heavy (non-hydrogen) atoms. The average Bonchev–Trinajstić information content (AvgIpc) is 3.12. The van der Waals surface area contributed by atoms with Crippen molar-refractivity contribution in [2.24, 2.45) is 11.8 Å². The number of cyclic esters (lactones) is 2. The predicted molar refractivity (Wildman–Crippen MR) is 180 cm³/mol. The number of rotatable bonds is 17. The first-order valence-corrected chi connectivity index (χ1v) is 17.2. The summed E-state index contributed by atoms with van der Waals surface area (Å²) < 4.78 is 27.8. The van der Waals surface area contributed by atoms with Gasteiger partial charge in [-0.25, -0.2) is 9.78 Å². The molecular weight excluding hydrogens is 632 g/mol. The first kappa shape index (κ1) is 39.0. The smallest absolute Gasteiger partial charge is 0.332 e. The number of amides is 1. The van der Waals surface area contributed by atoms with E-state index < -0.39 is 66.5 Å². The number of methoxy groups -OCH3 is 1. The van der Waals surface area contributed by atoms with Gasteiger partial charge in [0, 0.05) is 18.7 Å². The van der Waals surface area contributed by atoms with Crippen LogP contribution < -0.4 is 14.8 Å². The van der Waals surface area contributed by atoms with E-state index in [1.54, 1.807) is 13.8 Å². The van der Waals surface area contributed by atoms with E-state index in [1.807, 2.05) is 30.3 Å². The number of aromatic nitrogens is 1. The molecule has 0 bridgehead atoms. The number of hydrogen-bond donors (Lipinski definition) is 1. The summed E-state index contributed by atoms with van der Waals surface area (Å²) in [6.45, 7) is 6.43. The number of nitrogens with zero attached hydrogens (tertiary/aromatic N) is 1. The summed E-state index contributed by atoms with van der Waals surface area (Å²) in [7, 11) is 1.36. The molecular formula is C37H50N2O10. The number of carbonyl (C=O) groups excluding carboxylic acids is 5. The molecule has 268 valence electrons. The Labute approximate surface area is 288 Å². The maximum atomic E-state index is 13.5. The molecule has 2 heterocycles. The lowest BCUT2D eigenvalue weighted by Gasteiger charge is -2.29. The van der Waals surface area contributed by atoms with Crippen LogP contribution in [0, 0.1) is 11.8 Å². The van der Waals surface area contributed by atoms with E-state index >= 15 is 0 Å². The van der Waals surface area contributed by atoms with Crippen LogP contribution in [-0.2, 0) is 39.8 Å². The molecule has 0 saturated carbocycles. The SMILES string of the molecule is CCCCCCCCCCC(=O)Oc1c(OC)ccnc1C(=O)NC1COC(=O)C(Cc2ccccc2)C(OC(=O)C(C)C)C(C)OC1=O. The van der Waals surface area contributed by atoms with Crippen LogP contribution in [0.15, 0.2) is 42.6 Å². The Morgan fingerprint density at radius 1 is 0.959 bits per heavy atom. The van der Waals surface area contributed by atoms with Gasteiger partial charge in [0.25, 0.3) is 5.91 Å². The third kappa shape index (κ3) is 12.2. The van der Waals surface area contributed by atoms with Gasteiger partial charge in [-0.05, 0) is 25.3 Å². The van der Waals surface area contributed by atoms with Crippen LogP contribution in [-0.4, -0.2) is 66.7 Å². The summed E-state index contributed by atoms with van der Waals surface area (Å²) in [5.74, 6) is -5.27. The van der Waals surface area contributed by atoms with E-state index in [1.165, 1.54) is 52.0 Å². The van der Waals surface area contributed by atoms with Crippen molar-refractivity contribution in [1.82, 2.24) is 10.3 Å². The van der Waals surface area contributed by atoms with E-state index in [2.05, 4.69) is 17.2 Å². The second-order valence-electron chi connectivity index (χ2n) is 12.5. The van der Waals surface area contributed by atoms with E-state index in [0.717, 1.165) is 24.8 Å². The van der Waals surface area contributed by atoms with Crippen LogP contribution in [0.2, 0.25) is 0 Å². The highest BCUT2D eigenvalue weighted by Gasteiger charge is 2.42. The van der Waals surface area contributed by atoms with Gasteiger partial charge in [-0.2, -0.15) is 0 Å². The van der Waals surface area contributed by atoms with Gasteiger partial charge in [0.2, 0.25) is 5.75 Å². The number of benzene rings is 1. The molecule has 3 rings (SSSR count). The minimum absolute atomic E-state index is 0.0973. The van der Waals surface area contributed by atoms with Crippen molar-refractivity contribution in [3.63, 3.8) is 0 Å². The maximum absolute atomic E-state index is 13.5. The van der Waals surface area contributed by atoms with Crippen molar-refractivity contribution in [3.05, 3.63) is 53.9 Å². The molecule has 0 aliphatic carbocycles. The highest BCUT2D eigenvalue weighted by molar-refractivity contribution is 5.99. The molecule has 0 spiro atoms. The molecule has 1 aliphatic rings. The zero-order chi connectivity index (χ0) is 35.8. The molecule has 1 aromatic heterocycles. The normalized spacial score (nSPS) is 19.5. The Morgan fingerprint density at radius 3 is 2.29 bits per heavy atom. The molecule has 0 radical (unpaired) electrons. The van der Waals surface area contributed by atoms with Gasteiger partial charge in [0.15, 0.2) is 23.6 Å². The Balaban J connectivity index is 1.74. The summed E-state index contributed by atoms with van der Waals surface area (Å²) in [5, 5.41) is 2.50. The Morgan fingerprint density at radius 2 is 1.63 bits per heavy atom. The quantitative estimate of drug-likeness (QED) is 0.127. The fourth-order valence-electron chi connectivity index (χ4n) is 5.40. The van der Waals surface area contributed by atoms with Crippen molar-refractivity contribution in [1.29, 1.82) is 0 Å². The topological polar surface area (TPSA) is 156 Å². The number of carbonyl (C=O) groups is 5. The minimum atomic E-state index is -1.45. The highest BCUT2D eigenvalue weighted by Crippen LogP contribution is 2.31. The molecule has 4 atom stereocenters. The number of nitrogens with one attached hydrogen (secondary N) is 1. The number of unbranched alkanes of at least 4 members (excludes halogenated alkanes) is 7. The van der Waals surface area contributed by atoms with E-state index in [9.17, 15) is 24.0 Å². The lowest BCUT2D eigenvalue weighted by atomic mass is 9.91. The third-order valence-electron chi connectivity index (χ3n) is 8.22. The zero-order valence-electron chi connectivity index (χ0n) is 29.2. The van der Waals surface area contributed by atoms with Crippen molar-refractivity contribution in [3.8, 4) is 11.5 Å². The van der Waals surface area contributed by atoms with E-state index in [-0.39, 0.29) is 30.0 Å². The number of pyridine rings is 1. The maximum Gasteiger partial charge on any atom is 0.332 e. The fourth-order valence-corrected chi connectivity index (χ4v) is 5.40. The molecule has 1 fully saturated rings. The largest absolute Gasteiger partial charge is 0.493 e. The molecule has 1 saturated heterocycles. The van der Waals surface area contributed by atoms with Crippen LogP contribution >= 0.6 is 0 Å². The second kappa shape index (κ2) is 20.1. The van der Waals surface area contributed by atoms with E-state index in [0.29, 0.717) is 6.42 Å². The molecule has 1 amide bonds. The molecule has 2 aromatic rings. The lowest BCUT2D eigenvalue weighted by Crippen LogP contribution is -2.47. The summed E-state index contributed by atoms with van der Waals surface area (Å²) in [4.78, 5) is 69.9. The summed E-state index contributed by atoms with van der Waals surface area (Å²) in [6.07, 6.45) is 7.82. The molecule has 1 aromatic carbocycles. The third-order valence-corrected chi connectivity index (χ3v) is 8.22. The van der Waals surface area contributed by atoms with Crippen molar-refractivity contribution < 1.29 is 47.7 Å². The Kier molecular flexibility index (Phi) is 16.0. The van der Waals surface area contributed by atoms with Crippen molar-refractivity contribution >= 4 is 29.8 Å². The Bertz CT molecular complexity index is 1400. The highest BCUT2D eigenvalue weighted by atomic mass is 16.6. The molecule has 12 nitrogen and oxygen atoms in total. The summed E-state index contributed by atoms with van der Waals surface area (Å²) in [5.41, 5.74) is 0.479. The predicted octanol–water partition coefficient (Wildman–Crippen LogP) is 5.54. The van der Waals surface area contributed by atoms with Crippen LogP contribution in [0.4, 0.5) is 0 Å². The first-order chi connectivity index (χ1) is 23.5. The number of esters is 4. The number of ether oxygens (including phenoxy) is 5. The lowest BCUT2D eigenvalue weighted by molar-refractivity contribution is -0.176. The second-order valence-corrected chi connectivity index (χ2v) is 12.5. The van der Waals surface area contributed by atoms with Gasteiger partial charge in [-0.3, -0.25) is 19.2 Å². The van der Waals surface area contributed by atoms with Crippen LogP contribution in [0.1, 0.15) is 102 Å². The standard InChI is InChI=1S/C37H50N2O10/c1-6-7-8-9-10-11-12-16-19-30(40)48-33-29(45-5)20-21-38-31(33)34(41)39-28-23-46-36(43)27(22-26-17-14-13-15-18-26)32(25(4)47-37(28)44)49-35(42)24(2)3/h13-15,17-18,20-21,24-25,27-28,32H,6-12,16,19,22-23H2,1-5H3,(H,39,41). The first-order valence-electron chi connectivity index (χ1n) is 17.2. The zero-order valence-corrected chi connectivity index (χ0v) is 29.2.